The van der Waals surface area contributed by atoms with Crippen LogP contribution in [0.25, 0.3) is 5.65 Å². The number of fused-ring (bicyclic) bond motifs is 1. The maximum Gasteiger partial charge on any atom is 0.178 e. The smallest absolute Gasteiger partial charge is 0.178 e. The average Bonchev–Trinajstić information content (AvgIpc) is 2.79. The third-order valence-corrected chi connectivity index (χ3v) is 5.30. The lowest BCUT2D eigenvalue weighted by Crippen LogP contribution is -2.59. The summed E-state index contributed by atoms with van der Waals surface area (Å²) in [6.07, 6.45) is 1.15. The highest BCUT2D eigenvalue weighted by Gasteiger charge is 2.31. The Morgan fingerprint density at radius 3 is 2.96 bits per heavy atom. The molecular weight excluding hydrogens is 318 g/mol. The molecular formula is C17H27N7O. The van der Waals surface area contributed by atoms with Crippen molar-refractivity contribution in [2.45, 2.75) is 19.4 Å². The van der Waals surface area contributed by atoms with Crippen molar-refractivity contribution in [1.29, 1.82) is 0 Å². The number of aromatic nitrogens is 4. The number of aryl methyl sites for hydroxylation is 1. The highest BCUT2D eigenvalue weighted by atomic mass is 16.5. The molecule has 4 heterocycles. The van der Waals surface area contributed by atoms with E-state index in [2.05, 4.69) is 37.0 Å². The molecule has 0 radical (unpaired) electrons. The van der Waals surface area contributed by atoms with E-state index >= 15 is 0 Å². The van der Waals surface area contributed by atoms with E-state index in [1.807, 2.05) is 23.6 Å². The first-order valence-corrected chi connectivity index (χ1v) is 9.15. The summed E-state index contributed by atoms with van der Waals surface area (Å²) < 4.78 is 7.34. The molecule has 8 heteroatoms. The topological polar surface area (TPSA) is 62.0 Å². The SMILES string of the molecule is Cc1nnc2ccc(N3CC(N(C)CCN4CCCOCC4)C3)nn12. The predicted molar refractivity (Wildman–Crippen MR) is 96.0 cm³/mol. The fraction of sp³-hybridized carbons (Fsp3) is 0.706. The number of ether oxygens (including phenoxy) is 1. The highest BCUT2D eigenvalue weighted by Crippen LogP contribution is 2.21. The molecule has 0 spiro atoms. The van der Waals surface area contributed by atoms with Crippen LogP contribution in [0.4, 0.5) is 5.82 Å². The van der Waals surface area contributed by atoms with E-state index in [1.165, 1.54) is 0 Å². The molecule has 2 aliphatic rings. The largest absolute Gasteiger partial charge is 0.380 e. The Balaban J connectivity index is 1.27. The number of hydrogen-bond acceptors (Lipinski definition) is 7. The molecule has 136 valence electrons. The molecule has 0 saturated carbocycles. The van der Waals surface area contributed by atoms with E-state index in [1.54, 1.807) is 0 Å². The van der Waals surface area contributed by atoms with Gasteiger partial charge in [-0.1, -0.05) is 0 Å². The van der Waals surface area contributed by atoms with Gasteiger partial charge in [-0.25, -0.2) is 0 Å². The van der Waals surface area contributed by atoms with Crippen LogP contribution in [0.2, 0.25) is 0 Å². The minimum atomic E-state index is 0.600. The van der Waals surface area contributed by atoms with Crippen molar-refractivity contribution in [2.75, 3.05) is 64.4 Å². The minimum Gasteiger partial charge on any atom is -0.380 e. The van der Waals surface area contributed by atoms with Gasteiger partial charge in [0.15, 0.2) is 11.5 Å². The second-order valence-corrected chi connectivity index (χ2v) is 7.06. The van der Waals surface area contributed by atoms with Crippen LogP contribution in [0.15, 0.2) is 12.1 Å². The Hall–Kier alpha value is -1.77. The van der Waals surface area contributed by atoms with Gasteiger partial charge in [0.2, 0.25) is 0 Å². The van der Waals surface area contributed by atoms with Gasteiger partial charge in [-0.2, -0.15) is 4.52 Å². The standard InChI is InChI=1S/C17H27N7O/c1-14-18-19-16-4-5-17(20-24(14)16)23-12-15(13-23)21(2)7-8-22-6-3-10-25-11-9-22/h4-5,15H,3,6-13H2,1-2H3. The monoisotopic (exact) mass is 345 g/mol. The van der Waals surface area contributed by atoms with Crippen LogP contribution >= 0.6 is 0 Å². The average molecular weight is 345 g/mol. The molecule has 0 aromatic carbocycles. The molecule has 2 fully saturated rings. The first kappa shape index (κ1) is 16.7. The van der Waals surface area contributed by atoms with Gasteiger partial charge in [-0.05, 0) is 32.5 Å². The maximum absolute atomic E-state index is 5.53. The van der Waals surface area contributed by atoms with Crippen LogP contribution in [0, 0.1) is 6.92 Å². The lowest BCUT2D eigenvalue weighted by molar-refractivity contribution is 0.134. The van der Waals surface area contributed by atoms with E-state index in [-0.39, 0.29) is 0 Å². The normalized spacial score (nSPS) is 20.2. The van der Waals surface area contributed by atoms with Crippen LogP contribution in [0.3, 0.4) is 0 Å². The van der Waals surface area contributed by atoms with Gasteiger partial charge in [0.1, 0.15) is 5.82 Å². The number of anilines is 1. The fourth-order valence-electron chi connectivity index (χ4n) is 3.48. The van der Waals surface area contributed by atoms with Crippen LogP contribution in [-0.4, -0.2) is 95.2 Å². The molecule has 2 saturated heterocycles. The predicted octanol–water partition coefficient (Wildman–Crippen LogP) is 0.275. The molecule has 25 heavy (non-hydrogen) atoms. The Kier molecular flexibility index (Phi) is 4.82. The van der Waals surface area contributed by atoms with Crippen molar-refractivity contribution in [3.63, 3.8) is 0 Å². The summed E-state index contributed by atoms with van der Waals surface area (Å²) in [6.45, 7) is 10.2. The van der Waals surface area contributed by atoms with Crippen LogP contribution in [0.1, 0.15) is 12.2 Å². The molecule has 0 atom stereocenters. The quantitative estimate of drug-likeness (QED) is 0.771. The van der Waals surface area contributed by atoms with Gasteiger partial charge in [0.25, 0.3) is 0 Å². The van der Waals surface area contributed by atoms with Gasteiger partial charge in [0, 0.05) is 51.9 Å². The molecule has 0 unspecified atom stereocenters. The lowest BCUT2D eigenvalue weighted by Gasteiger charge is -2.45. The second-order valence-electron chi connectivity index (χ2n) is 7.06. The molecule has 2 aromatic rings. The van der Waals surface area contributed by atoms with Crippen molar-refractivity contribution in [3.05, 3.63) is 18.0 Å². The van der Waals surface area contributed by atoms with Crippen molar-refractivity contribution in [1.82, 2.24) is 29.6 Å². The summed E-state index contributed by atoms with van der Waals surface area (Å²) >= 11 is 0. The molecule has 0 N–H and O–H groups in total. The second kappa shape index (κ2) is 7.23. The zero-order chi connectivity index (χ0) is 17.2. The van der Waals surface area contributed by atoms with Crippen LogP contribution in [-0.2, 0) is 4.74 Å². The Morgan fingerprint density at radius 2 is 2.08 bits per heavy atom. The third-order valence-electron chi connectivity index (χ3n) is 5.30. The molecule has 0 amide bonds. The minimum absolute atomic E-state index is 0.600. The van der Waals surface area contributed by atoms with Crippen molar-refractivity contribution >= 4 is 11.5 Å². The van der Waals surface area contributed by atoms with Crippen molar-refractivity contribution in [3.8, 4) is 0 Å². The Labute approximate surface area is 148 Å². The molecule has 2 aliphatic heterocycles. The number of hydrogen-bond donors (Lipinski definition) is 0. The number of likely N-dealkylation sites (N-methyl/N-ethyl adjacent to an activating group) is 1. The van der Waals surface area contributed by atoms with Crippen molar-refractivity contribution < 1.29 is 4.74 Å². The zero-order valence-electron chi connectivity index (χ0n) is 15.1. The molecule has 4 rings (SSSR count). The lowest BCUT2D eigenvalue weighted by atomic mass is 10.1. The third kappa shape index (κ3) is 3.61. The fourth-order valence-corrected chi connectivity index (χ4v) is 3.48. The zero-order valence-corrected chi connectivity index (χ0v) is 15.1. The van der Waals surface area contributed by atoms with Crippen LogP contribution in [0.5, 0.6) is 0 Å². The van der Waals surface area contributed by atoms with E-state index in [0.717, 1.165) is 76.2 Å². The summed E-state index contributed by atoms with van der Waals surface area (Å²) in [5.41, 5.74) is 0.803. The van der Waals surface area contributed by atoms with E-state index in [4.69, 9.17) is 4.74 Å². The Morgan fingerprint density at radius 1 is 1.20 bits per heavy atom. The van der Waals surface area contributed by atoms with Crippen molar-refractivity contribution in [2.24, 2.45) is 0 Å². The number of rotatable bonds is 5. The molecule has 0 aliphatic carbocycles. The van der Waals surface area contributed by atoms with Crippen LogP contribution < -0.4 is 4.90 Å². The van der Waals surface area contributed by atoms with Gasteiger partial charge in [0.05, 0.1) is 6.61 Å². The summed E-state index contributed by atoms with van der Waals surface area (Å²) in [4.78, 5) is 7.31. The van der Waals surface area contributed by atoms with E-state index < -0.39 is 0 Å². The van der Waals surface area contributed by atoms with E-state index in [0.29, 0.717) is 6.04 Å². The maximum atomic E-state index is 5.53. The summed E-state index contributed by atoms with van der Waals surface area (Å²) in [5, 5.41) is 12.8. The van der Waals surface area contributed by atoms with Gasteiger partial charge in [-0.3, -0.25) is 9.80 Å². The van der Waals surface area contributed by atoms with E-state index in [9.17, 15) is 0 Å². The first-order chi connectivity index (χ1) is 12.2. The molecule has 8 nitrogen and oxygen atoms in total. The number of nitrogens with zero attached hydrogens (tertiary/aromatic N) is 7. The summed E-state index contributed by atoms with van der Waals surface area (Å²) in [7, 11) is 2.23. The summed E-state index contributed by atoms with van der Waals surface area (Å²) in [6, 6.07) is 4.63. The van der Waals surface area contributed by atoms with Gasteiger partial charge >= 0.3 is 0 Å². The molecule has 0 bridgehead atoms. The van der Waals surface area contributed by atoms with Gasteiger partial charge in [-0.15, -0.1) is 15.3 Å². The first-order valence-electron chi connectivity index (χ1n) is 9.15. The molecule has 2 aromatic heterocycles. The summed E-state index contributed by atoms with van der Waals surface area (Å²) in [5.74, 6) is 1.83. The Bertz CT molecular complexity index is 704. The highest BCUT2D eigenvalue weighted by molar-refractivity contribution is 5.47. The van der Waals surface area contributed by atoms with Gasteiger partial charge < -0.3 is 9.64 Å².